The molecule has 0 fully saturated rings. The summed E-state index contributed by atoms with van der Waals surface area (Å²) < 4.78 is 25.6. The fraction of sp³-hybridized carbons (Fsp3) is 0.143. The predicted molar refractivity (Wildman–Crippen MR) is 81.5 cm³/mol. The summed E-state index contributed by atoms with van der Waals surface area (Å²) in [7, 11) is 0. The predicted octanol–water partition coefficient (Wildman–Crippen LogP) is 2.92. The lowest BCUT2D eigenvalue weighted by Crippen LogP contribution is -2.14. The fourth-order valence-electron chi connectivity index (χ4n) is 1.85. The van der Waals surface area contributed by atoms with Gasteiger partial charge in [-0.15, -0.1) is 11.3 Å². The first kappa shape index (κ1) is 15.2. The lowest BCUT2D eigenvalue weighted by atomic mass is 10.3. The molecular weight excluding hydrogens is 324 g/mol. The van der Waals surface area contributed by atoms with Crippen molar-refractivity contribution in [1.29, 1.82) is 0 Å². The number of aromatic nitrogens is 4. The Kier molecular flexibility index (Phi) is 4.38. The van der Waals surface area contributed by atoms with Gasteiger partial charge in [-0.1, -0.05) is 6.07 Å². The van der Waals surface area contributed by atoms with E-state index in [1.54, 1.807) is 17.6 Å². The highest BCUT2D eigenvalue weighted by Crippen LogP contribution is 2.23. The second kappa shape index (κ2) is 6.61. The number of anilines is 1. The molecule has 3 aromatic rings. The molecular formula is C14H11F2N5OS. The minimum atomic E-state index is -2.52. The molecule has 1 N–H and O–H groups in total. The van der Waals surface area contributed by atoms with E-state index in [-0.39, 0.29) is 5.69 Å². The molecule has 6 nitrogen and oxygen atoms in total. The summed E-state index contributed by atoms with van der Waals surface area (Å²) in [6.45, 7) is -0.547. The first-order valence-electron chi connectivity index (χ1n) is 6.62. The summed E-state index contributed by atoms with van der Waals surface area (Å²) in [5, 5.41) is 8.55. The molecule has 0 saturated heterocycles. The number of carbonyl (C=O) groups excluding carboxylic acids is 1. The van der Waals surface area contributed by atoms with Crippen LogP contribution in [0.4, 0.5) is 13.9 Å². The number of thiazole rings is 1. The normalized spacial score (nSPS) is 10.9. The minimum absolute atomic E-state index is 0.0558. The van der Waals surface area contributed by atoms with Crippen LogP contribution in [0, 0.1) is 0 Å². The van der Waals surface area contributed by atoms with Crippen molar-refractivity contribution in [3.05, 3.63) is 47.7 Å². The minimum Gasteiger partial charge on any atom is -0.296 e. The first-order chi connectivity index (χ1) is 11.1. The number of amides is 1. The SMILES string of the molecule is O=C(Nc1nc(-c2ccccn2)cs1)c1ccn(CC(F)F)n1. The number of carbonyl (C=O) groups is 1. The molecule has 0 saturated carbocycles. The van der Waals surface area contributed by atoms with Crippen LogP contribution in [-0.2, 0) is 6.54 Å². The van der Waals surface area contributed by atoms with E-state index < -0.39 is 18.9 Å². The summed E-state index contributed by atoms with van der Waals surface area (Å²) in [5.74, 6) is -0.500. The number of nitrogens with zero attached hydrogens (tertiary/aromatic N) is 4. The van der Waals surface area contributed by atoms with Crippen LogP contribution in [0.1, 0.15) is 10.5 Å². The number of halogens is 2. The lowest BCUT2D eigenvalue weighted by molar-refractivity contribution is 0.101. The fourth-order valence-corrected chi connectivity index (χ4v) is 2.55. The third-order valence-corrected chi connectivity index (χ3v) is 3.61. The van der Waals surface area contributed by atoms with Gasteiger partial charge in [-0.2, -0.15) is 5.10 Å². The Bertz CT molecular complexity index is 802. The van der Waals surface area contributed by atoms with E-state index in [4.69, 9.17) is 0 Å². The molecule has 3 rings (SSSR count). The average Bonchev–Trinajstić information content (AvgIpc) is 3.17. The largest absolute Gasteiger partial charge is 0.296 e. The van der Waals surface area contributed by atoms with Gasteiger partial charge >= 0.3 is 0 Å². The number of pyridine rings is 1. The zero-order chi connectivity index (χ0) is 16.2. The number of alkyl halides is 2. The Morgan fingerprint density at radius 2 is 2.17 bits per heavy atom. The summed E-state index contributed by atoms with van der Waals surface area (Å²) >= 11 is 1.25. The van der Waals surface area contributed by atoms with Crippen molar-refractivity contribution in [1.82, 2.24) is 19.7 Å². The maximum atomic E-state index is 12.3. The van der Waals surface area contributed by atoms with Crippen LogP contribution in [0.15, 0.2) is 42.0 Å². The lowest BCUT2D eigenvalue weighted by Gasteiger charge is -2.00. The second-order valence-corrected chi connectivity index (χ2v) is 5.38. The van der Waals surface area contributed by atoms with Gasteiger partial charge in [-0.25, -0.2) is 13.8 Å². The Labute approximate surface area is 133 Å². The molecule has 0 spiro atoms. The van der Waals surface area contributed by atoms with Crippen molar-refractivity contribution in [2.75, 3.05) is 5.32 Å². The van der Waals surface area contributed by atoms with Crippen molar-refractivity contribution in [2.24, 2.45) is 0 Å². The standard InChI is InChI=1S/C14H11F2N5OS/c15-12(16)7-21-6-4-10(20-21)13(22)19-14-18-11(8-23-14)9-3-1-2-5-17-9/h1-6,8,12H,7H2,(H,18,19,22). The molecule has 0 atom stereocenters. The Morgan fingerprint density at radius 3 is 2.91 bits per heavy atom. The topological polar surface area (TPSA) is 72.7 Å². The highest BCUT2D eigenvalue weighted by molar-refractivity contribution is 7.14. The van der Waals surface area contributed by atoms with Crippen LogP contribution in [0.5, 0.6) is 0 Å². The third-order valence-electron chi connectivity index (χ3n) is 2.85. The van der Waals surface area contributed by atoms with Crippen molar-refractivity contribution >= 4 is 22.4 Å². The Balaban J connectivity index is 1.69. The van der Waals surface area contributed by atoms with Crippen LogP contribution >= 0.6 is 11.3 Å². The van der Waals surface area contributed by atoms with Gasteiger partial charge in [-0.05, 0) is 18.2 Å². The molecule has 0 aliphatic carbocycles. The highest BCUT2D eigenvalue weighted by atomic mass is 32.1. The van der Waals surface area contributed by atoms with E-state index in [0.717, 1.165) is 4.68 Å². The molecule has 0 aromatic carbocycles. The van der Waals surface area contributed by atoms with E-state index in [1.807, 2.05) is 12.1 Å². The first-order valence-corrected chi connectivity index (χ1v) is 7.49. The average molecular weight is 335 g/mol. The number of hydrogen-bond donors (Lipinski definition) is 1. The van der Waals surface area contributed by atoms with Crippen LogP contribution in [0.3, 0.4) is 0 Å². The summed E-state index contributed by atoms with van der Waals surface area (Å²) in [6.07, 6.45) is 0.468. The van der Waals surface area contributed by atoms with E-state index in [1.165, 1.54) is 23.6 Å². The van der Waals surface area contributed by atoms with Crippen molar-refractivity contribution in [2.45, 2.75) is 13.0 Å². The molecule has 3 heterocycles. The number of hydrogen-bond acceptors (Lipinski definition) is 5. The monoisotopic (exact) mass is 335 g/mol. The maximum absolute atomic E-state index is 12.3. The second-order valence-electron chi connectivity index (χ2n) is 4.52. The molecule has 9 heteroatoms. The van der Waals surface area contributed by atoms with Crippen LogP contribution in [0.2, 0.25) is 0 Å². The van der Waals surface area contributed by atoms with Crippen LogP contribution < -0.4 is 5.32 Å². The zero-order valence-corrected chi connectivity index (χ0v) is 12.5. The van der Waals surface area contributed by atoms with Crippen LogP contribution in [0.25, 0.3) is 11.4 Å². The molecule has 118 valence electrons. The summed E-state index contributed by atoms with van der Waals surface area (Å²) in [4.78, 5) is 20.5. The number of nitrogens with one attached hydrogen (secondary N) is 1. The van der Waals surface area contributed by atoms with E-state index in [0.29, 0.717) is 16.5 Å². The third kappa shape index (κ3) is 3.75. The van der Waals surface area contributed by atoms with Gasteiger partial charge < -0.3 is 0 Å². The van der Waals surface area contributed by atoms with E-state index >= 15 is 0 Å². The molecule has 3 aromatic heterocycles. The molecule has 0 aliphatic rings. The van der Waals surface area contributed by atoms with Crippen molar-refractivity contribution in [3.8, 4) is 11.4 Å². The highest BCUT2D eigenvalue weighted by Gasteiger charge is 2.14. The van der Waals surface area contributed by atoms with E-state index in [9.17, 15) is 13.6 Å². The van der Waals surface area contributed by atoms with Gasteiger partial charge in [0.1, 0.15) is 12.2 Å². The smallest absolute Gasteiger partial charge is 0.277 e. The maximum Gasteiger partial charge on any atom is 0.277 e. The van der Waals surface area contributed by atoms with Gasteiger partial charge in [-0.3, -0.25) is 19.8 Å². The van der Waals surface area contributed by atoms with Crippen molar-refractivity contribution < 1.29 is 13.6 Å². The van der Waals surface area contributed by atoms with Gasteiger partial charge in [0.2, 0.25) is 0 Å². The van der Waals surface area contributed by atoms with E-state index in [2.05, 4.69) is 20.4 Å². The Morgan fingerprint density at radius 1 is 1.30 bits per heavy atom. The molecule has 0 radical (unpaired) electrons. The van der Waals surface area contributed by atoms with Gasteiger partial charge in [0.15, 0.2) is 10.8 Å². The molecule has 0 aliphatic heterocycles. The molecule has 1 amide bonds. The molecule has 0 unspecified atom stereocenters. The molecule has 23 heavy (non-hydrogen) atoms. The number of rotatable bonds is 5. The molecule has 0 bridgehead atoms. The van der Waals surface area contributed by atoms with Gasteiger partial charge in [0, 0.05) is 17.8 Å². The van der Waals surface area contributed by atoms with Crippen molar-refractivity contribution in [3.63, 3.8) is 0 Å². The summed E-state index contributed by atoms with van der Waals surface area (Å²) in [5.41, 5.74) is 1.40. The van der Waals surface area contributed by atoms with Gasteiger partial charge in [0.25, 0.3) is 12.3 Å². The summed E-state index contributed by atoms with van der Waals surface area (Å²) in [6, 6.07) is 6.83. The van der Waals surface area contributed by atoms with Gasteiger partial charge in [0.05, 0.1) is 5.69 Å². The Hall–Kier alpha value is -2.68. The van der Waals surface area contributed by atoms with Crippen LogP contribution in [-0.4, -0.2) is 32.1 Å². The zero-order valence-electron chi connectivity index (χ0n) is 11.7. The quantitative estimate of drug-likeness (QED) is 0.778.